The van der Waals surface area contributed by atoms with E-state index in [-0.39, 0.29) is 45.5 Å². The molecule has 0 aromatic carbocycles. The number of anilines is 3. The van der Waals surface area contributed by atoms with E-state index in [2.05, 4.69) is 79.1 Å². The molecule has 12 rings (SSSR count). The summed E-state index contributed by atoms with van der Waals surface area (Å²) in [6.07, 6.45) is -22.0. The maximum absolute atomic E-state index is 11.9. The molecule has 131 heavy (non-hydrogen) atoms. The number of hydrogen-bond donors (Lipinski definition) is 26. The zero-order valence-corrected chi connectivity index (χ0v) is 75.9. The molecule has 29 N–H and O–H groups in total. The van der Waals surface area contributed by atoms with Crippen LogP contribution in [0.25, 0.3) is 22.3 Å². The minimum Gasteiger partial charge on any atom is -0.387 e. The number of imidazole rings is 2. The first-order valence-electron chi connectivity index (χ1n) is 35.6. The third-order valence-corrected chi connectivity index (χ3v) is 29.6. The van der Waals surface area contributed by atoms with Crippen molar-refractivity contribution in [3.8, 4) is 0 Å². The summed E-state index contributed by atoms with van der Waals surface area (Å²) in [6.45, 7) is 1.01. The first kappa shape index (κ1) is 110. The van der Waals surface area contributed by atoms with Gasteiger partial charge >= 0.3 is 94.2 Å². The number of aryl methyl sites for hydroxylation is 1. The van der Waals surface area contributed by atoms with Gasteiger partial charge in [0.25, 0.3) is 16.7 Å². The predicted octanol–water partition coefficient (Wildman–Crippen LogP) is -7.84. The number of nitrogens with zero attached hydrogens (tertiary/aromatic N) is 11. The van der Waals surface area contributed by atoms with Gasteiger partial charge in [-0.05, 0) is 13.0 Å². The van der Waals surface area contributed by atoms with E-state index < -0.39 is 267 Å². The number of aromatic amines is 3. The Kier molecular flexibility index (Phi) is 36.0. The van der Waals surface area contributed by atoms with E-state index >= 15 is 0 Å². The summed E-state index contributed by atoms with van der Waals surface area (Å²) in [5, 5.41) is 101. The maximum Gasteiger partial charge on any atom is 0.479 e. The van der Waals surface area contributed by atoms with Gasteiger partial charge in [-0.2, -0.15) is 9.97 Å². The Hall–Kier alpha value is -6.56. The summed E-state index contributed by atoms with van der Waals surface area (Å²) < 4.78 is 187. The van der Waals surface area contributed by atoms with Gasteiger partial charge in [-0.15, -0.1) is 0 Å². The van der Waals surface area contributed by atoms with Crippen LogP contribution in [0, 0.1) is 6.92 Å². The Morgan fingerprint density at radius 2 is 0.687 bits per heavy atom. The van der Waals surface area contributed by atoms with E-state index in [1.807, 2.05) is 9.97 Å². The van der Waals surface area contributed by atoms with Gasteiger partial charge in [0.05, 0.1) is 45.7 Å². The number of phosphoric ester groups is 5. The minimum absolute atomic E-state index is 0.0255. The first-order valence-corrected chi connectivity index (χ1v) is 53.2. The number of aliphatic hydroxyl groups is 10. The third-order valence-electron chi connectivity index (χ3n) is 17.0. The molecule has 0 radical (unpaired) electrons. The van der Waals surface area contributed by atoms with Crippen molar-refractivity contribution in [2.24, 2.45) is 0 Å². The molecule has 5 saturated heterocycles. The standard InChI is InChI=1S/C11H17N5O10P2.C11H17N5O9P2.C11H18N2O11P2.C10H17N3O10P2.C10H16N2O11P2/c1-27(20,21)26-28(22,23)24-2-4-6(17)7(18)10(25-4)16-3-13-5-8(16)14-11(12)15-9(5)19;1-26(19,20)25-27(21,22)23-2-5-7(17)8(18)11(24-5)16-4-15-6-9(12)13-3-14-10(6)16;1-5-3-13(11(17)12-9(5)16)10-8(15)7(14)6(23-10)4-22-26(20,21)24-25(2,18)19;1-24(17,18)23-25(19,20)21-4-5-7(14)8(15)9(22-5)13-3-2-6(11)12-10(13)16;1-24(17,18)23-25(19,20)21-4-5-7(14)8(15)9(22-5)12-3-2-6(13)11-10(12)16/h3-4,6-7,10,17-18H,2H2,1H3,(H,20,21)(H,22,23)(H3,12,14,15,19);3-5,7-8,11,17-18H,2H2,1H3,(H,19,20)(H,21,22)(H2,12,13,14);3,6-8,10,14-15H,4H2,1-2H3,(H,18,19)(H,20,21)(H,12,16,17);2-3,5,7-9,14-15H,4H2,1H3,(H,17,18)(H,19,20)(H2,11,12,16);2-3,5,7-9,14-15H,4H2,1H3,(H,17,18)(H,19,20)(H,11,13,16). The molecular weight excluding hydrogens is 2000 g/mol. The number of nitrogen functional groups attached to an aromatic ring is 3. The largest absolute Gasteiger partial charge is 0.479 e. The molecule has 7 aromatic rings. The lowest BCUT2D eigenvalue weighted by molar-refractivity contribution is -0.0541. The van der Waals surface area contributed by atoms with Gasteiger partial charge in [0.2, 0.25) is 5.95 Å². The molecule has 12 heterocycles. The van der Waals surface area contributed by atoms with E-state index in [0.29, 0.717) is 33.3 Å². The Balaban J connectivity index is 0.000000202. The molecular formula is C53H85N17O51P10. The van der Waals surface area contributed by atoms with Crippen LogP contribution in [-0.2, 0) is 114 Å². The molecule has 0 amide bonds. The highest BCUT2D eigenvalue weighted by molar-refractivity contribution is 7.65. The van der Waals surface area contributed by atoms with Crippen LogP contribution in [-0.4, -0.2) is 326 Å². The van der Waals surface area contributed by atoms with Gasteiger partial charge < -0.3 is 141 Å². The molecule has 0 aliphatic carbocycles. The number of fused-ring (bicyclic) bond motifs is 2. The van der Waals surface area contributed by atoms with Gasteiger partial charge in [-0.3, -0.25) is 97.6 Å². The molecule has 30 atom stereocenters. The molecule has 0 bridgehead atoms. The van der Waals surface area contributed by atoms with Crippen LogP contribution in [0.15, 0.2) is 78.5 Å². The maximum atomic E-state index is 11.9. The van der Waals surface area contributed by atoms with Crippen molar-refractivity contribution in [3.63, 3.8) is 0 Å². The van der Waals surface area contributed by atoms with Crippen LogP contribution in [0.4, 0.5) is 17.6 Å². The zero-order valence-electron chi connectivity index (χ0n) is 66.9. The fraction of sp³-hybridized carbons (Fsp3) is 0.585. The summed E-state index contributed by atoms with van der Waals surface area (Å²) >= 11 is 0. The molecule has 738 valence electrons. The fourth-order valence-electron chi connectivity index (χ4n) is 11.6. The number of ether oxygens (including phenoxy) is 5. The van der Waals surface area contributed by atoms with E-state index in [9.17, 15) is 150 Å². The highest BCUT2D eigenvalue weighted by Gasteiger charge is 2.52. The lowest BCUT2D eigenvalue weighted by Crippen LogP contribution is -2.38. The zero-order chi connectivity index (χ0) is 98.7. The molecule has 78 heteroatoms. The van der Waals surface area contributed by atoms with Crippen molar-refractivity contribution in [3.05, 3.63) is 118 Å². The van der Waals surface area contributed by atoms with Gasteiger partial charge in [0, 0.05) is 63.5 Å². The van der Waals surface area contributed by atoms with Crippen LogP contribution in [0.1, 0.15) is 36.7 Å². The molecule has 0 saturated carbocycles. The van der Waals surface area contributed by atoms with Crippen molar-refractivity contribution in [1.82, 2.24) is 67.7 Å². The van der Waals surface area contributed by atoms with Gasteiger partial charge in [-0.25, -0.2) is 78.7 Å². The molecule has 5 aliphatic rings. The third kappa shape index (κ3) is 30.7. The summed E-state index contributed by atoms with van der Waals surface area (Å²) in [6, 6.07) is 2.26. The van der Waals surface area contributed by atoms with E-state index in [4.69, 9.17) is 65.4 Å². The summed E-state index contributed by atoms with van der Waals surface area (Å²) in [5.74, 6) is -0.155. The number of nitrogens with two attached hydrogens (primary N) is 3. The van der Waals surface area contributed by atoms with Crippen LogP contribution in [0.3, 0.4) is 0 Å². The molecule has 30 unspecified atom stereocenters. The average Bonchev–Trinajstić information content (AvgIpc) is 1.70. The molecule has 5 aliphatic heterocycles. The van der Waals surface area contributed by atoms with E-state index in [1.165, 1.54) is 36.4 Å². The predicted molar refractivity (Wildman–Crippen MR) is 425 cm³/mol. The van der Waals surface area contributed by atoms with Crippen LogP contribution in [0.5, 0.6) is 0 Å². The second kappa shape index (κ2) is 43.0. The number of aliphatic hydroxyl groups excluding tert-OH is 10. The normalized spacial score (nSPS) is 30.6. The molecule has 0 spiro atoms. The van der Waals surface area contributed by atoms with Crippen molar-refractivity contribution in [1.29, 1.82) is 0 Å². The van der Waals surface area contributed by atoms with Crippen molar-refractivity contribution in [2.45, 2.75) is 130 Å². The Morgan fingerprint density at radius 1 is 0.374 bits per heavy atom. The minimum atomic E-state index is -4.93. The lowest BCUT2D eigenvalue weighted by atomic mass is 10.1. The molecule has 7 aromatic heterocycles. The fourth-order valence-corrected chi connectivity index (χ4v) is 21.9. The van der Waals surface area contributed by atoms with E-state index in [0.717, 1.165) is 43.1 Å². The topological polar surface area (TPSA) is 1040 Å². The Morgan fingerprint density at radius 3 is 1.03 bits per heavy atom. The van der Waals surface area contributed by atoms with Crippen LogP contribution >= 0.6 is 77.1 Å². The number of H-pyrrole nitrogens is 3. The molecule has 68 nitrogen and oxygen atoms in total. The van der Waals surface area contributed by atoms with Crippen molar-refractivity contribution >= 4 is 117 Å². The highest BCUT2D eigenvalue weighted by Crippen LogP contribution is 2.62. The lowest BCUT2D eigenvalue weighted by Gasteiger charge is -2.18. The SMILES string of the molecule is CP(=O)(O)OP(=O)(O)OCC1OC(n2ccc(=O)[nH]c2=O)C(O)C1O.CP(=O)(O)OP(=O)(O)OCC1OC(n2ccc(N)nc2=O)C(O)C1O.CP(=O)(O)OP(=O)(O)OCC1OC(n2cnc3c(=O)[nH]c(N)nc32)C(O)C1O.CP(=O)(O)OP(=O)(O)OCC1OC(n2cnc3c(N)ncnc32)C(O)C1O.Cc1cn(C2OC(COP(=O)(O)OP(C)(=O)O)C(O)C2O)c(=O)[nH]c1=O. The number of phosphoric acid groups is 5. The highest BCUT2D eigenvalue weighted by atomic mass is 31.3. The van der Waals surface area contributed by atoms with Gasteiger partial charge in [0.1, 0.15) is 109 Å². The van der Waals surface area contributed by atoms with Gasteiger partial charge in [0.15, 0.2) is 53.8 Å². The summed E-state index contributed by atoms with van der Waals surface area (Å²) in [5.41, 5.74) is 12.5. The quantitative estimate of drug-likeness (QED) is 0.0186. The Labute approximate surface area is 726 Å². The van der Waals surface area contributed by atoms with Crippen molar-refractivity contribution in [2.75, 3.05) is 83.6 Å². The second-order valence-corrected chi connectivity index (χ2v) is 45.1. The summed E-state index contributed by atoms with van der Waals surface area (Å²) in [7, 11) is -46.1. The molecule has 5 fully saturated rings. The average molecular weight is 2090 g/mol. The van der Waals surface area contributed by atoms with E-state index in [1.54, 1.807) is 0 Å². The van der Waals surface area contributed by atoms with Crippen LogP contribution < -0.4 is 50.9 Å². The number of nitrogens with one attached hydrogen (secondary N) is 3. The number of hydrogen-bond acceptors (Lipinski definition) is 50. The monoisotopic (exact) mass is 2090 g/mol. The number of aromatic nitrogens is 14. The Bertz CT molecular complexity index is 6130. The summed E-state index contributed by atoms with van der Waals surface area (Å²) in [4.78, 5) is 190. The second-order valence-electron chi connectivity index (χ2n) is 27.9. The first-order chi connectivity index (χ1) is 60.0. The van der Waals surface area contributed by atoms with Crippen LogP contribution in [0.2, 0.25) is 0 Å². The number of rotatable bonds is 30. The van der Waals surface area contributed by atoms with Crippen molar-refractivity contribution < 1.29 is 214 Å². The smallest absolute Gasteiger partial charge is 0.387 e. The van der Waals surface area contributed by atoms with Gasteiger partial charge in [-0.1, -0.05) is 0 Å².